The van der Waals surface area contributed by atoms with Gasteiger partial charge >= 0.3 is 12.1 Å². The molecule has 0 saturated carbocycles. The van der Waals surface area contributed by atoms with Crippen molar-refractivity contribution >= 4 is 12.1 Å². The number of benzene rings is 1. The zero-order chi connectivity index (χ0) is 17.9. The molecule has 1 aliphatic rings. The predicted molar refractivity (Wildman–Crippen MR) is 91.9 cm³/mol. The Balaban J connectivity index is 2.25. The van der Waals surface area contributed by atoms with E-state index in [4.69, 9.17) is 9.47 Å². The Morgan fingerprint density at radius 3 is 2.46 bits per heavy atom. The minimum atomic E-state index is -0.533. The second-order valence-electron chi connectivity index (χ2n) is 7.31. The Hall–Kier alpha value is -2.04. The number of esters is 1. The molecule has 5 heteroatoms. The van der Waals surface area contributed by atoms with Crippen LogP contribution in [-0.2, 0) is 14.3 Å². The van der Waals surface area contributed by atoms with Gasteiger partial charge in [0.2, 0.25) is 0 Å². The zero-order valence-electron chi connectivity index (χ0n) is 15.2. The minimum Gasteiger partial charge on any atom is -0.469 e. The van der Waals surface area contributed by atoms with Crippen LogP contribution in [0.15, 0.2) is 24.3 Å². The molecule has 1 aromatic rings. The van der Waals surface area contributed by atoms with Crippen molar-refractivity contribution in [3.63, 3.8) is 0 Å². The number of hydrogen-bond acceptors (Lipinski definition) is 4. The maximum absolute atomic E-state index is 12.4. The molecular formula is C19H27NO4. The summed E-state index contributed by atoms with van der Waals surface area (Å²) in [5.74, 6) is -0.540. The number of piperidine rings is 1. The van der Waals surface area contributed by atoms with Crippen molar-refractivity contribution in [1.82, 2.24) is 4.90 Å². The third-order valence-electron chi connectivity index (χ3n) is 4.36. The van der Waals surface area contributed by atoms with Crippen molar-refractivity contribution in [2.45, 2.75) is 45.6 Å². The molecule has 2 rings (SSSR count). The molecule has 1 amide bonds. The molecule has 132 valence electrons. The number of hydrogen-bond donors (Lipinski definition) is 0. The number of methoxy groups -OCH3 is 1. The molecule has 24 heavy (non-hydrogen) atoms. The highest BCUT2D eigenvalue weighted by Gasteiger charge is 2.39. The second-order valence-corrected chi connectivity index (χ2v) is 7.31. The number of amides is 1. The molecule has 2 atom stereocenters. The maximum Gasteiger partial charge on any atom is 0.410 e. The summed E-state index contributed by atoms with van der Waals surface area (Å²) in [6, 6.07) is 7.98. The molecule has 0 radical (unpaired) electrons. The lowest BCUT2D eigenvalue weighted by Crippen LogP contribution is -2.47. The molecule has 0 aromatic heterocycles. The number of aryl methyl sites for hydroxylation is 1. The fraction of sp³-hybridized carbons (Fsp3) is 0.579. The lowest BCUT2D eigenvalue weighted by Gasteiger charge is -2.38. The number of likely N-dealkylation sites (tertiary alicyclic amines) is 1. The van der Waals surface area contributed by atoms with Gasteiger partial charge in [0.05, 0.1) is 13.0 Å². The van der Waals surface area contributed by atoms with Crippen molar-refractivity contribution in [1.29, 1.82) is 0 Å². The van der Waals surface area contributed by atoms with Crippen LogP contribution in [0.25, 0.3) is 0 Å². The molecule has 0 bridgehead atoms. The van der Waals surface area contributed by atoms with E-state index < -0.39 is 5.60 Å². The van der Waals surface area contributed by atoms with Gasteiger partial charge in [0.25, 0.3) is 0 Å². The Morgan fingerprint density at radius 2 is 1.88 bits per heavy atom. The summed E-state index contributed by atoms with van der Waals surface area (Å²) in [4.78, 5) is 26.3. The first kappa shape index (κ1) is 18.3. The van der Waals surface area contributed by atoms with E-state index in [9.17, 15) is 9.59 Å². The van der Waals surface area contributed by atoms with E-state index in [1.165, 1.54) is 7.11 Å². The van der Waals surface area contributed by atoms with E-state index in [0.717, 1.165) is 11.1 Å². The van der Waals surface area contributed by atoms with Gasteiger partial charge < -0.3 is 14.4 Å². The molecular weight excluding hydrogens is 306 g/mol. The summed E-state index contributed by atoms with van der Waals surface area (Å²) in [7, 11) is 1.41. The lowest BCUT2D eigenvalue weighted by atomic mass is 9.79. The van der Waals surface area contributed by atoms with Gasteiger partial charge in [-0.25, -0.2) is 4.79 Å². The van der Waals surface area contributed by atoms with Gasteiger partial charge in [0.1, 0.15) is 5.60 Å². The molecule has 2 unspecified atom stereocenters. The lowest BCUT2D eigenvalue weighted by molar-refractivity contribution is -0.147. The largest absolute Gasteiger partial charge is 0.469 e. The average molecular weight is 333 g/mol. The average Bonchev–Trinajstić information content (AvgIpc) is 2.52. The molecule has 0 N–H and O–H groups in total. The summed E-state index contributed by atoms with van der Waals surface area (Å²) < 4.78 is 10.5. The van der Waals surface area contributed by atoms with Crippen molar-refractivity contribution in [2.24, 2.45) is 5.92 Å². The zero-order valence-corrected chi connectivity index (χ0v) is 15.2. The van der Waals surface area contributed by atoms with Crippen molar-refractivity contribution < 1.29 is 19.1 Å². The SMILES string of the molecule is COC(=O)C1CCN(C(=O)OC(C)(C)C)CC1c1ccccc1C. The summed E-state index contributed by atoms with van der Waals surface area (Å²) in [5, 5.41) is 0. The maximum atomic E-state index is 12.4. The smallest absolute Gasteiger partial charge is 0.410 e. The van der Waals surface area contributed by atoms with E-state index in [1.54, 1.807) is 4.90 Å². The summed E-state index contributed by atoms with van der Waals surface area (Å²) in [6.45, 7) is 8.54. The molecule has 1 heterocycles. The summed E-state index contributed by atoms with van der Waals surface area (Å²) in [5.41, 5.74) is 1.66. The van der Waals surface area contributed by atoms with Gasteiger partial charge in [0.15, 0.2) is 0 Å². The van der Waals surface area contributed by atoms with Crippen LogP contribution >= 0.6 is 0 Å². The second kappa shape index (κ2) is 7.24. The van der Waals surface area contributed by atoms with E-state index in [0.29, 0.717) is 19.5 Å². The van der Waals surface area contributed by atoms with E-state index in [2.05, 4.69) is 0 Å². The Morgan fingerprint density at radius 1 is 1.21 bits per heavy atom. The third kappa shape index (κ3) is 4.28. The van der Waals surface area contributed by atoms with Crippen LogP contribution in [0.1, 0.15) is 44.2 Å². The van der Waals surface area contributed by atoms with Crippen LogP contribution in [0.3, 0.4) is 0 Å². The first-order chi connectivity index (χ1) is 11.2. The minimum absolute atomic E-state index is 0.0834. The molecule has 1 fully saturated rings. The fourth-order valence-electron chi connectivity index (χ4n) is 3.20. The van der Waals surface area contributed by atoms with Crippen molar-refractivity contribution in [3.8, 4) is 0 Å². The van der Waals surface area contributed by atoms with Crippen LogP contribution < -0.4 is 0 Å². The Bertz CT molecular complexity index is 606. The molecule has 5 nitrogen and oxygen atoms in total. The van der Waals surface area contributed by atoms with Crippen molar-refractivity contribution in [2.75, 3.05) is 20.2 Å². The predicted octanol–water partition coefficient (Wildman–Crippen LogP) is 3.51. The summed E-state index contributed by atoms with van der Waals surface area (Å²) in [6.07, 6.45) is 0.245. The highest BCUT2D eigenvalue weighted by molar-refractivity contribution is 5.75. The van der Waals surface area contributed by atoms with E-state index >= 15 is 0 Å². The third-order valence-corrected chi connectivity index (χ3v) is 4.36. The van der Waals surface area contributed by atoms with Crippen LogP contribution in [-0.4, -0.2) is 42.8 Å². The van der Waals surface area contributed by atoms with Gasteiger partial charge in [-0.15, -0.1) is 0 Å². The number of rotatable bonds is 2. The highest BCUT2D eigenvalue weighted by Crippen LogP contribution is 2.35. The number of carbonyl (C=O) groups excluding carboxylic acids is 2. The molecule has 0 spiro atoms. The van der Waals surface area contributed by atoms with Gasteiger partial charge in [-0.3, -0.25) is 4.79 Å². The monoisotopic (exact) mass is 333 g/mol. The highest BCUT2D eigenvalue weighted by atomic mass is 16.6. The Kier molecular flexibility index (Phi) is 5.52. The Labute approximate surface area is 143 Å². The van der Waals surface area contributed by atoms with Gasteiger partial charge in [-0.05, 0) is 45.2 Å². The topological polar surface area (TPSA) is 55.8 Å². The van der Waals surface area contributed by atoms with Crippen LogP contribution in [0.4, 0.5) is 4.79 Å². The van der Waals surface area contributed by atoms with E-state index in [1.807, 2.05) is 52.0 Å². The molecule has 1 aromatic carbocycles. The van der Waals surface area contributed by atoms with E-state index in [-0.39, 0.29) is 23.9 Å². The number of nitrogens with zero attached hydrogens (tertiary/aromatic N) is 1. The number of ether oxygens (including phenoxy) is 2. The van der Waals surface area contributed by atoms with Crippen LogP contribution in [0, 0.1) is 12.8 Å². The van der Waals surface area contributed by atoms with Crippen LogP contribution in [0.2, 0.25) is 0 Å². The number of carbonyl (C=O) groups is 2. The van der Waals surface area contributed by atoms with Gasteiger partial charge in [-0.2, -0.15) is 0 Å². The first-order valence-electron chi connectivity index (χ1n) is 8.34. The molecule has 0 aliphatic carbocycles. The fourth-order valence-corrected chi connectivity index (χ4v) is 3.20. The normalized spacial score (nSPS) is 21.3. The molecule has 1 aliphatic heterocycles. The molecule has 1 saturated heterocycles. The standard InChI is InChI=1S/C19H27NO4/c1-13-8-6-7-9-14(13)16-12-20(18(22)24-19(2,3)4)11-10-15(16)17(21)23-5/h6-9,15-16H,10-12H2,1-5H3. The van der Waals surface area contributed by atoms with Gasteiger partial charge in [-0.1, -0.05) is 24.3 Å². The summed E-state index contributed by atoms with van der Waals surface area (Å²) >= 11 is 0. The van der Waals surface area contributed by atoms with Crippen molar-refractivity contribution in [3.05, 3.63) is 35.4 Å². The first-order valence-corrected chi connectivity index (χ1v) is 8.34. The van der Waals surface area contributed by atoms with Gasteiger partial charge in [0, 0.05) is 19.0 Å². The van der Waals surface area contributed by atoms with Crippen LogP contribution in [0.5, 0.6) is 0 Å². The quantitative estimate of drug-likeness (QED) is 0.777.